The summed E-state index contributed by atoms with van der Waals surface area (Å²) in [7, 11) is 0. The SMILES string of the molecule is CC(CCCCl)=C1CCC1.CCC(C)CCCC(=O)c1cc2nc(-n3ccc(-c4cccc(C)c4)n3)cc(N3CCOCC3)c2o1. The molecule has 0 amide bonds. The van der Waals surface area contributed by atoms with Crippen LogP contribution in [0.5, 0.6) is 0 Å². The molecule has 4 heterocycles. The molecule has 0 bridgehead atoms. The van der Waals surface area contributed by atoms with Crippen LogP contribution in [0.4, 0.5) is 5.69 Å². The molecule has 2 fully saturated rings. The first-order chi connectivity index (χ1) is 22.4. The third-order valence-electron chi connectivity index (χ3n) is 9.25. The van der Waals surface area contributed by atoms with Crippen LogP contribution in [-0.4, -0.2) is 52.7 Å². The zero-order valence-corrected chi connectivity index (χ0v) is 28.7. The zero-order valence-electron chi connectivity index (χ0n) is 28.0. The molecular formula is C38H49ClN4O3. The van der Waals surface area contributed by atoms with Gasteiger partial charge in [-0.3, -0.25) is 4.79 Å². The van der Waals surface area contributed by atoms with Crippen LogP contribution in [0.15, 0.2) is 64.2 Å². The maximum atomic E-state index is 12.9. The van der Waals surface area contributed by atoms with Gasteiger partial charge in [-0.2, -0.15) is 5.10 Å². The van der Waals surface area contributed by atoms with Crippen molar-refractivity contribution >= 4 is 34.2 Å². The second-order valence-electron chi connectivity index (χ2n) is 12.8. The lowest BCUT2D eigenvalue weighted by Crippen LogP contribution is -2.36. The minimum Gasteiger partial charge on any atom is -0.449 e. The van der Waals surface area contributed by atoms with Gasteiger partial charge in [0.05, 0.1) is 24.6 Å². The number of allylic oxidation sites excluding steroid dienone is 2. The van der Waals surface area contributed by atoms with Crippen molar-refractivity contribution in [2.24, 2.45) is 5.92 Å². The lowest BCUT2D eigenvalue weighted by molar-refractivity contribution is 0.0953. The van der Waals surface area contributed by atoms with Gasteiger partial charge in [-0.15, -0.1) is 11.6 Å². The lowest BCUT2D eigenvalue weighted by atomic mass is 9.87. The van der Waals surface area contributed by atoms with E-state index in [1.165, 1.54) is 31.2 Å². The fourth-order valence-corrected chi connectivity index (χ4v) is 6.06. The number of rotatable bonds is 12. The quantitative estimate of drug-likeness (QED) is 0.0868. The van der Waals surface area contributed by atoms with Crippen LogP contribution < -0.4 is 4.90 Å². The topological polar surface area (TPSA) is 73.4 Å². The number of pyridine rings is 1. The van der Waals surface area contributed by atoms with Gasteiger partial charge in [0, 0.05) is 49.3 Å². The molecule has 8 heteroatoms. The molecule has 0 spiro atoms. The average Bonchev–Trinajstić information content (AvgIpc) is 3.71. The Balaban J connectivity index is 0.000000356. The summed E-state index contributed by atoms with van der Waals surface area (Å²) in [4.78, 5) is 20.0. The Morgan fingerprint density at radius 3 is 2.57 bits per heavy atom. The number of ketones is 1. The van der Waals surface area contributed by atoms with Gasteiger partial charge < -0.3 is 14.1 Å². The van der Waals surface area contributed by atoms with Crippen LogP contribution >= 0.6 is 11.6 Å². The Labute approximate surface area is 279 Å². The van der Waals surface area contributed by atoms with Gasteiger partial charge in [0.2, 0.25) is 0 Å². The van der Waals surface area contributed by atoms with Crippen molar-refractivity contribution in [1.29, 1.82) is 0 Å². The van der Waals surface area contributed by atoms with Crippen molar-refractivity contribution in [2.45, 2.75) is 85.5 Å². The van der Waals surface area contributed by atoms with Gasteiger partial charge in [-0.05, 0) is 70.4 Å². The summed E-state index contributed by atoms with van der Waals surface area (Å²) in [5, 5.41) is 4.81. The lowest BCUT2D eigenvalue weighted by Gasteiger charge is -2.28. The van der Waals surface area contributed by atoms with Crippen molar-refractivity contribution in [1.82, 2.24) is 14.8 Å². The minimum absolute atomic E-state index is 0.0339. The summed E-state index contributed by atoms with van der Waals surface area (Å²) in [6.07, 6.45) is 12.0. The van der Waals surface area contributed by atoms with E-state index in [4.69, 9.17) is 30.8 Å². The van der Waals surface area contributed by atoms with Crippen LogP contribution in [0.1, 0.15) is 94.7 Å². The second kappa shape index (κ2) is 16.4. The molecule has 46 heavy (non-hydrogen) atoms. The van der Waals surface area contributed by atoms with Gasteiger partial charge in [0.25, 0.3) is 0 Å². The van der Waals surface area contributed by atoms with E-state index in [0.717, 1.165) is 61.6 Å². The van der Waals surface area contributed by atoms with Crippen molar-refractivity contribution in [3.05, 3.63) is 71.1 Å². The zero-order chi connectivity index (χ0) is 32.5. The number of fused-ring (bicyclic) bond motifs is 1. The highest BCUT2D eigenvalue weighted by atomic mass is 35.5. The predicted octanol–water partition coefficient (Wildman–Crippen LogP) is 9.73. The number of furan rings is 1. The number of nitrogens with zero attached hydrogens (tertiary/aromatic N) is 4. The van der Waals surface area contributed by atoms with E-state index in [1.54, 1.807) is 21.9 Å². The maximum Gasteiger partial charge on any atom is 0.198 e. The molecule has 1 saturated heterocycles. The average molecular weight is 645 g/mol. The van der Waals surface area contributed by atoms with Crippen LogP contribution in [-0.2, 0) is 4.74 Å². The Hall–Kier alpha value is -3.42. The molecule has 2 aliphatic rings. The Morgan fingerprint density at radius 2 is 1.87 bits per heavy atom. The highest BCUT2D eigenvalue weighted by Crippen LogP contribution is 2.33. The highest BCUT2D eigenvalue weighted by molar-refractivity contribution is 6.17. The molecule has 1 atom stereocenters. The number of ether oxygens (including phenoxy) is 1. The monoisotopic (exact) mass is 644 g/mol. The molecule has 6 rings (SSSR count). The third-order valence-corrected chi connectivity index (χ3v) is 9.52. The molecule has 1 unspecified atom stereocenters. The van der Waals surface area contributed by atoms with E-state index in [0.29, 0.717) is 48.2 Å². The Morgan fingerprint density at radius 1 is 1.07 bits per heavy atom. The minimum atomic E-state index is 0.0339. The second-order valence-corrected chi connectivity index (χ2v) is 13.2. The molecule has 4 aromatic rings. The number of hydrogen-bond donors (Lipinski definition) is 0. The number of aryl methyl sites for hydroxylation is 1. The smallest absolute Gasteiger partial charge is 0.198 e. The molecular weight excluding hydrogens is 596 g/mol. The largest absolute Gasteiger partial charge is 0.449 e. The summed E-state index contributed by atoms with van der Waals surface area (Å²) in [5.41, 5.74) is 8.69. The number of aromatic nitrogens is 3. The maximum absolute atomic E-state index is 12.9. The first kappa shape index (κ1) is 33.9. The van der Waals surface area contributed by atoms with Crippen LogP contribution in [0, 0.1) is 12.8 Å². The molecule has 1 aliphatic carbocycles. The summed E-state index contributed by atoms with van der Waals surface area (Å²) >= 11 is 5.59. The van der Waals surface area contributed by atoms with Crippen LogP contribution in [0.2, 0.25) is 0 Å². The molecule has 1 aromatic carbocycles. The summed E-state index contributed by atoms with van der Waals surface area (Å²) in [6, 6.07) is 14.1. The Kier molecular flexibility index (Phi) is 12.1. The predicted molar refractivity (Wildman–Crippen MR) is 188 cm³/mol. The van der Waals surface area contributed by atoms with Crippen LogP contribution in [0.25, 0.3) is 28.2 Å². The van der Waals surface area contributed by atoms with E-state index < -0.39 is 0 Å². The molecule has 0 radical (unpaired) electrons. The van der Waals surface area contributed by atoms with E-state index in [9.17, 15) is 4.79 Å². The highest BCUT2D eigenvalue weighted by Gasteiger charge is 2.22. The molecule has 3 aromatic heterocycles. The van der Waals surface area contributed by atoms with Gasteiger partial charge >= 0.3 is 0 Å². The molecule has 246 valence electrons. The van der Waals surface area contributed by atoms with Crippen LogP contribution in [0.3, 0.4) is 0 Å². The number of carbonyl (C=O) groups is 1. The number of morpholine rings is 1. The van der Waals surface area contributed by atoms with E-state index in [-0.39, 0.29) is 5.78 Å². The third kappa shape index (κ3) is 8.68. The number of halogens is 1. The standard InChI is InChI=1S/C29H34N4O3.C9H15Cl/c1-4-20(2)7-6-10-26(34)27-18-24-29(36-27)25(32-13-15-35-16-14-32)19-28(30-24)33-12-11-23(31-33)22-9-5-8-21(3)17-22;1-8(4-3-7-10)9-5-2-6-9/h5,8-9,11-12,17-20H,4,6-7,10,13-16H2,1-3H3;2-7H2,1H3. The van der Waals surface area contributed by atoms with Crippen molar-refractivity contribution < 1.29 is 13.9 Å². The molecule has 7 nitrogen and oxygen atoms in total. The number of hydrogen-bond acceptors (Lipinski definition) is 6. The van der Waals surface area contributed by atoms with Crippen molar-refractivity contribution in [2.75, 3.05) is 37.1 Å². The molecule has 1 saturated carbocycles. The number of Topliss-reactive ketones (excluding diaryl/α,β-unsaturated/α-hetero) is 1. The summed E-state index contributed by atoms with van der Waals surface area (Å²) < 4.78 is 13.5. The van der Waals surface area contributed by atoms with E-state index in [1.807, 2.05) is 24.4 Å². The Bertz CT molecular complexity index is 1630. The normalized spacial score (nSPS) is 15.3. The number of benzene rings is 1. The summed E-state index contributed by atoms with van der Waals surface area (Å²) in [5.74, 6) is 2.55. The van der Waals surface area contributed by atoms with Gasteiger partial charge in [-0.25, -0.2) is 9.67 Å². The first-order valence-electron chi connectivity index (χ1n) is 17.0. The molecule has 0 N–H and O–H groups in total. The molecule has 1 aliphatic heterocycles. The number of anilines is 1. The number of carbonyl (C=O) groups excluding carboxylic acids is 1. The van der Waals surface area contributed by atoms with E-state index in [2.05, 4.69) is 50.8 Å². The number of alkyl halides is 1. The fraction of sp³-hybridized carbons (Fsp3) is 0.500. The van der Waals surface area contributed by atoms with Crippen molar-refractivity contribution in [3.8, 4) is 17.1 Å². The van der Waals surface area contributed by atoms with Crippen molar-refractivity contribution in [3.63, 3.8) is 0 Å². The van der Waals surface area contributed by atoms with E-state index >= 15 is 0 Å². The fourth-order valence-electron chi connectivity index (χ4n) is 5.92. The van der Waals surface area contributed by atoms with Gasteiger partial charge in [-0.1, -0.05) is 61.6 Å². The first-order valence-corrected chi connectivity index (χ1v) is 17.6. The summed E-state index contributed by atoms with van der Waals surface area (Å²) in [6.45, 7) is 11.6. The van der Waals surface area contributed by atoms with Gasteiger partial charge in [0.15, 0.2) is 22.9 Å². The van der Waals surface area contributed by atoms with Gasteiger partial charge in [0.1, 0.15) is 5.52 Å².